The van der Waals surface area contributed by atoms with Gasteiger partial charge < -0.3 is 34.9 Å². The van der Waals surface area contributed by atoms with Crippen molar-refractivity contribution in [3.63, 3.8) is 0 Å². The molecule has 9 heteroatoms. The third kappa shape index (κ3) is 5.79. The lowest BCUT2D eigenvalue weighted by Gasteiger charge is -2.29. The summed E-state index contributed by atoms with van der Waals surface area (Å²) < 4.78 is 21.5. The second-order valence-corrected chi connectivity index (χ2v) is 7.52. The van der Waals surface area contributed by atoms with Crippen LogP contribution in [-0.2, 0) is 16.0 Å². The Bertz CT molecular complexity index is 1010. The molecule has 0 aliphatic carbocycles. The fourth-order valence-corrected chi connectivity index (χ4v) is 3.83. The van der Waals surface area contributed by atoms with E-state index in [9.17, 15) is 9.59 Å². The molecule has 1 atom stereocenters. The molecule has 0 radical (unpaired) electrons. The van der Waals surface area contributed by atoms with Crippen molar-refractivity contribution in [1.29, 1.82) is 0 Å². The number of rotatable bonds is 11. The van der Waals surface area contributed by atoms with Crippen molar-refractivity contribution >= 4 is 12.0 Å². The number of esters is 1. The summed E-state index contributed by atoms with van der Waals surface area (Å²) in [6.45, 7) is 2.85. The van der Waals surface area contributed by atoms with Crippen LogP contribution < -0.4 is 30.2 Å². The number of ether oxygens (including phenoxy) is 4. The Morgan fingerprint density at radius 3 is 2.29 bits per heavy atom. The van der Waals surface area contributed by atoms with Crippen LogP contribution >= 0.6 is 0 Å². The minimum atomic E-state index is -0.596. The minimum absolute atomic E-state index is 0.236. The molecule has 34 heavy (non-hydrogen) atoms. The summed E-state index contributed by atoms with van der Waals surface area (Å²) in [7, 11) is 4.71. The Morgan fingerprint density at radius 2 is 1.71 bits per heavy atom. The first-order valence-corrected chi connectivity index (χ1v) is 11.0. The molecule has 0 aromatic heterocycles. The first-order chi connectivity index (χ1) is 16.5. The number of benzene rings is 2. The zero-order valence-corrected chi connectivity index (χ0v) is 19.9. The molecular formula is C25H31N3O6. The van der Waals surface area contributed by atoms with Gasteiger partial charge in [0.25, 0.3) is 0 Å². The number of hydrogen-bond acceptors (Lipinski definition) is 7. The Kier molecular flexibility index (Phi) is 8.75. The Balaban J connectivity index is 1.77. The third-order valence-corrected chi connectivity index (χ3v) is 5.40. The molecule has 2 aromatic rings. The number of hydrogen-bond donors (Lipinski definition) is 3. The predicted octanol–water partition coefficient (Wildman–Crippen LogP) is 2.72. The van der Waals surface area contributed by atoms with E-state index in [1.54, 1.807) is 28.3 Å². The monoisotopic (exact) mass is 469 g/mol. The van der Waals surface area contributed by atoms with Gasteiger partial charge in [-0.1, -0.05) is 30.3 Å². The zero-order chi connectivity index (χ0) is 24.5. The number of carbonyl (C=O) groups excluding carboxylic acids is 2. The van der Waals surface area contributed by atoms with Crippen LogP contribution in [0.1, 0.15) is 24.1 Å². The fourth-order valence-electron chi connectivity index (χ4n) is 3.83. The zero-order valence-electron chi connectivity index (χ0n) is 19.9. The molecule has 1 heterocycles. The first kappa shape index (κ1) is 24.9. The number of methoxy groups -OCH3 is 3. The van der Waals surface area contributed by atoms with Crippen molar-refractivity contribution in [2.45, 2.75) is 19.4 Å². The highest BCUT2D eigenvalue weighted by atomic mass is 16.5. The van der Waals surface area contributed by atoms with Gasteiger partial charge in [0.2, 0.25) is 5.75 Å². The average molecular weight is 470 g/mol. The maximum atomic E-state index is 12.8. The van der Waals surface area contributed by atoms with Gasteiger partial charge in [0.1, 0.15) is 0 Å². The summed E-state index contributed by atoms with van der Waals surface area (Å²) >= 11 is 0. The number of carbonyl (C=O) groups is 2. The van der Waals surface area contributed by atoms with Gasteiger partial charge in [-0.2, -0.15) is 0 Å². The quantitative estimate of drug-likeness (QED) is 0.343. The molecule has 0 saturated heterocycles. The van der Waals surface area contributed by atoms with Gasteiger partial charge in [0, 0.05) is 12.2 Å². The molecule has 3 N–H and O–H groups in total. The normalized spacial score (nSPS) is 15.3. The van der Waals surface area contributed by atoms with Crippen LogP contribution in [0.25, 0.3) is 0 Å². The summed E-state index contributed by atoms with van der Waals surface area (Å²) in [5.74, 6) is 1.24. The molecule has 9 nitrogen and oxygen atoms in total. The van der Waals surface area contributed by atoms with E-state index in [2.05, 4.69) is 16.0 Å². The topological polar surface area (TPSA) is 107 Å². The Hall–Kier alpha value is -3.72. The molecule has 182 valence electrons. The summed E-state index contributed by atoms with van der Waals surface area (Å²) in [5, 5.41) is 8.90. The highest BCUT2D eigenvalue weighted by Gasteiger charge is 2.33. The van der Waals surface area contributed by atoms with Crippen LogP contribution in [0.15, 0.2) is 53.7 Å². The molecule has 0 fully saturated rings. The fraction of sp³-hybridized carbons (Fsp3) is 0.360. The highest BCUT2D eigenvalue weighted by Crippen LogP contribution is 2.38. The van der Waals surface area contributed by atoms with Crippen molar-refractivity contribution in [3.8, 4) is 17.2 Å². The highest BCUT2D eigenvalue weighted by molar-refractivity contribution is 5.95. The van der Waals surface area contributed by atoms with Crippen LogP contribution in [0.5, 0.6) is 17.2 Å². The van der Waals surface area contributed by atoms with E-state index in [4.69, 9.17) is 18.9 Å². The van der Waals surface area contributed by atoms with Crippen LogP contribution in [0, 0.1) is 0 Å². The van der Waals surface area contributed by atoms with E-state index in [1.165, 1.54) is 0 Å². The van der Waals surface area contributed by atoms with Crippen LogP contribution in [0.4, 0.5) is 4.79 Å². The van der Waals surface area contributed by atoms with E-state index in [0.717, 1.165) is 11.1 Å². The molecule has 0 saturated carbocycles. The second-order valence-electron chi connectivity index (χ2n) is 7.52. The summed E-state index contributed by atoms with van der Waals surface area (Å²) in [5.41, 5.74) is 2.65. The maximum Gasteiger partial charge on any atom is 0.338 e. The van der Waals surface area contributed by atoms with Crippen molar-refractivity contribution in [2.75, 3.05) is 41.0 Å². The van der Waals surface area contributed by atoms with E-state index in [-0.39, 0.29) is 19.2 Å². The molecule has 1 aliphatic heterocycles. The van der Waals surface area contributed by atoms with Crippen LogP contribution in [0.3, 0.4) is 0 Å². The second kappa shape index (κ2) is 11.9. The van der Waals surface area contributed by atoms with Gasteiger partial charge in [0.05, 0.1) is 39.6 Å². The summed E-state index contributed by atoms with van der Waals surface area (Å²) in [6, 6.07) is 12.2. The average Bonchev–Trinajstić information content (AvgIpc) is 2.86. The lowest BCUT2D eigenvalue weighted by molar-refractivity contribution is -0.139. The predicted molar refractivity (Wildman–Crippen MR) is 127 cm³/mol. The Labute approximate surface area is 199 Å². The molecular weight excluding hydrogens is 438 g/mol. The number of nitrogens with one attached hydrogen (secondary N) is 3. The van der Waals surface area contributed by atoms with Crippen molar-refractivity contribution in [1.82, 2.24) is 16.0 Å². The standard InChI is InChI=1S/C25H31N3O6/c1-5-34-24(29)21-18(27-25(30)28-22(21)17-9-7-6-8-10-17)15-26-12-11-16-13-19(31-2)23(33-4)20(14-16)32-3/h6-10,13-14,22,26H,5,11-12,15H2,1-4H3,(H2,27,28,30). The molecule has 0 bridgehead atoms. The first-order valence-electron chi connectivity index (χ1n) is 11.0. The van der Waals surface area contributed by atoms with Gasteiger partial charge in [0.15, 0.2) is 11.5 Å². The van der Waals surface area contributed by atoms with E-state index in [0.29, 0.717) is 41.5 Å². The minimum Gasteiger partial charge on any atom is -0.493 e. The number of amides is 2. The van der Waals surface area contributed by atoms with Gasteiger partial charge in [-0.3, -0.25) is 0 Å². The van der Waals surface area contributed by atoms with Crippen molar-refractivity contribution in [3.05, 3.63) is 64.9 Å². The van der Waals surface area contributed by atoms with Gasteiger partial charge in [-0.25, -0.2) is 9.59 Å². The number of urea groups is 1. The molecule has 2 aromatic carbocycles. The van der Waals surface area contributed by atoms with Gasteiger partial charge in [-0.15, -0.1) is 0 Å². The summed E-state index contributed by atoms with van der Waals surface area (Å²) in [4.78, 5) is 25.2. The maximum absolute atomic E-state index is 12.8. The molecule has 3 rings (SSSR count). The largest absolute Gasteiger partial charge is 0.493 e. The Morgan fingerprint density at radius 1 is 1.03 bits per heavy atom. The molecule has 2 amide bonds. The molecule has 1 aliphatic rings. The van der Waals surface area contributed by atoms with E-state index >= 15 is 0 Å². The molecule has 1 unspecified atom stereocenters. The van der Waals surface area contributed by atoms with E-state index in [1.807, 2.05) is 42.5 Å². The van der Waals surface area contributed by atoms with E-state index < -0.39 is 12.0 Å². The van der Waals surface area contributed by atoms with Crippen LogP contribution in [-0.4, -0.2) is 53.0 Å². The smallest absolute Gasteiger partial charge is 0.338 e. The SMILES string of the molecule is CCOC(=O)C1=C(CNCCc2cc(OC)c(OC)c(OC)c2)NC(=O)NC1c1ccccc1. The van der Waals surface area contributed by atoms with Gasteiger partial charge >= 0.3 is 12.0 Å². The third-order valence-electron chi connectivity index (χ3n) is 5.40. The lowest BCUT2D eigenvalue weighted by atomic mass is 9.95. The van der Waals surface area contributed by atoms with Crippen molar-refractivity contribution in [2.24, 2.45) is 0 Å². The van der Waals surface area contributed by atoms with Crippen LogP contribution in [0.2, 0.25) is 0 Å². The lowest BCUT2D eigenvalue weighted by Crippen LogP contribution is -2.48. The van der Waals surface area contributed by atoms with Gasteiger partial charge in [-0.05, 0) is 43.1 Å². The summed E-state index contributed by atoms with van der Waals surface area (Å²) in [6.07, 6.45) is 0.660. The molecule has 0 spiro atoms. The van der Waals surface area contributed by atoms with Crippen molar-refractivity contribution < 1.29 is 28.5 Å².